The molecule has 0 heterocycles. The second kappa shape index (κ2) is 5.34. The van der Waals surface area contributed by atoms with Crippen molar-refractivity contribution in [3.8, 4) is 11.1 Å². The molecule has 0 aliphatic rings. The number of benzene rings is 2. The Bertz CT molecular complexity index is 514. The molecular formula is C17H19F. The van der Waals surface area contributed by atoms with Gasteiger partial charge in [-0.05, 0) is 29.0 Å². The summed E-state index contributed by atoms with van der Waals surface area (Å²) in [5, 5.41) is 0. The zero-order valence-electron chi connectivity index (χ0n) is 11.2. The van der Waals surface area contributed by atoms with Crippen LogP contribution in [0, 0.1) is 11.7 Å². The zero-order valence-corrected chi connectivity index (χ0v) is 11.2. The maximum absolute atomic E-state index is 14.2. The van der Waals surface area contributed by atoms with Gasteiger partial charge < -0.3 is 0 Å². The Morgan fingerprint density at radius 1 is 0.889 bits per heavy atom. The van der Waals surface area contributed by atoms with E-state index in [9.17, 15) is 4.39 Å². The zero-order chi connectivity index (χ0) is 13.1. The van der Waals surface area contributed by atoms with Crippen molar-refractivity contribution in [2.45, 2.75) is 26.7 Å². The maximum Gasteiger partial charge on any atom is 0.131 e. The Morgan fingerprint density at radius 3 is 2.11 bits per heavy atom. The van der Waals surface area contributed by atoms with Crippen LogP contribution in [0.3, 0.4) is 0 Å². The van der Waals surface area contributed by atoms with Gasteiger partial charge in [-0.25, -0.2) is 4.39 Å². The highest BCUT2D eigenvalue weighted by molar-refractivity contribution is 5.64. The van der Waals surface area contributed by atoms with Gasteiger partial charge in [0.2, 0.25) is 0 Å². The van der Waals surface area contributed by atoms with E-state index in [-0.39, 0.29) is 5.82 Å². The van der Waals surface area contributed by atoms with Crippen molar-refractivity contribution in [1.82, 2.24) is 0 Å². The predicted molar refractivity (Wildman–Crippen MR) is 75.1 cm³/mol. The van der Waals surface area contributed by atoms with Crippen LogP contribution in [-0.2, 0) is 0 Å². The van der Waals surface area contributed by atoms with E-state index in [1.807, 2.05) is 42.5 Å². The average molecular weight is 242 g/mol. The summed E-state index contributed by atoms with van der Waals surface area (Å²) < 4.78 is 14.2. The molecule has 0 radical (unpaired) electrons. The molecular weight excluding hydrogens is 223 g/mol. The molecule has 1 heteroatoms. The molecule has 2 aromatic rings. The van der Waals surface area contributed by atoms with E-state index in [4.69, 9.17) is 0 Å². The maximum atomic E-state index is 14.2. The van der Waals surface area contributed by atoms with Crippen LogP contribution in [0.2, 0.25) is 0 Å². The van der Waals surface area contributed by atoms with Crippen LogP contribution < -0.4 is 0 Å². The largest absolute Gasteiger partial charge is 0.206 e. The lowest BCUT2D eigenvalue weighted by Crippen LogP contribution is -2.02. The minimum Gasteiger partial charge on any atom is -0.206 e. The molecule has 0 amide bonds. The van der Waals surface area contributed by atoms with Crippen molar-refractivity contribution in [3.63, 3.8) is 0 Å². The fourth-order valence-electron chi connectivity index (χ4n) is 2.05. The molecule has 1 atom stereocenters. The number of halogens is 1. The second-order valence-electron chi connectivity index (χ2n) is 5.14. The third kappa shape index (κ3) is 2.61. The van der Waals surface area contributed by atoms with Gasteiger partial charge in [-0.15, -0.1) is 0 Å². The Balaban J connectivity index is 2.37. The second-order valence-corrected chi connectivity index (χ2v) is 5.14. The number of hydrogen-bond acceptors (Lipinski definition) is 0. The molecule has 2 rings (SSSR count). The first-order chi connectivity index (χ1) is 8.59. The minimum atomic E-state index is -0.133. The first kappa shape index (κ1) is 12.8. The third-order valence-electron chi connectivity index (χ3n) is 3.60. The van der Waals surface area contributed by atoms with Crippen LogP contribution in [0.1, 0.15) is 32.3 Å². The summed E-state index contributed by atoms with van der Waals surface area (Å²) in [6.07, 6.45) is 0. The van der Waals surface area contributed by atoms with Gasteiger partial charge in [0.1, 0.15) is 5.82 Å². The highest BCUT2D eigenvalue weighted by Crippen LogP contribution is 2.29. The summed E-state index contributed by atoms with van der Waals surface area (Å²) in [5.41, 5.74) is 2.68. The standard InChI is InChI=1S/C17H19F/c1-12(2)13(3)15-9-10-16(17(18)11-15)14-7-5-4-6-8-14/h4-13H,1-3H3. The topological polar surface area (TPSA) is 0 Å². The summed E-state index contributed by atoms with van der Waals surface area (Å²) in [5.74, 6) is 0.766. The molecule has 0 saturated heterocycles. The van der Waals surface area contributed by atoms with E-state index >= 15 is 0 Å². The Morgan fingerprint density at radius 2 is 1.56 bits per heavy atom. The normalized spacial score (nSPS) is 12.7. The smallest absolute Gasteiger partial charge is 0.131 e. The van der Waals surface area contributed by atoms with E-state index in [0.29, 0.717) is 17.4 Å². The monoisotopic (exact) mass is 242 g/mol. The Labute approximate surface area is 108 Å². The predicted octanol–water partition coefficient (Wildman–Crippen LogP) is 5.25. The van der Waals surface area contributed by atoms with Gasteiger partial charge in [-0.3, -0.25) is 0 Å². The summed E-state index contributed by atoms with van der Waals surface area (Å²) in [6, 6.07) is 15.3. The van der Waals surface area contributed by atoms with Crippen molar-refractivity contribution in [2.24, 2.45) is 5.92 Å². The van der Waals surface area contributed by atoms with Crippen LogP contribution in [0.5, 0.6) is 0 Å². The molecule has 0 bridgehead atoms. The molecule has 0 N–H and O–H groups in total. The Kier molecular flexibility index (Phi) is 3.81. The van der Waals surface area contributed by atoms with Crippen molar-refractivity contribution in [1.29, 1.82) is 0 Å². The van der Waals surface area contributed by atoms with Gasteiger partial charge in [-0.2, -0.15) is 0 Å². The SMILES string of the molecule is CC(C)C(C)c1ccc(-c2ccccc2)c(F)c1. The van der Waals surface area contributed by atoms with Crippen LogP contribution in [0.4, 0.5) is 4.39 Å². The molecule has 0 fully saturated rings. The van der Waals surface area contributed by atoms with E-state index in [0.717, 1.165) is 11.1 Å². The highest BCUT2D eigenvalue weighted by atomic mass is 19.1. The van der Waals surface area contributed by atoms with Gasteiger partial charge in [0.15, 0.2) is 0 Å². The highest BCUT2D eigenvalue weighted by Gasteiger charge is 2.12. The Hall–Kier alpha value is -1.63. The molecule has 0 aliphatic carbocycles. The summed E-state index contributed by atoms with van der Waals surface area (Å²) >= 11 is 0. The van der Waals surface area contributed by atoms with Gasteiger partial charge in [0.05, 0.1) is 0 Å². The van der Waals surface area contributed by atoms with Crippen LogP contribution in [0.15, 0.2) is 48.5 Å². The lowest BCUT2D eigenvalue weighted by molar-refractivity contribution is 0.530. The molecule has 94 valence electrons. The van der Waals surface area contributed by atoms with Gasteiger partial charge in [-0.1, -0.05) is 63.2 Å². The van der Waals surface area contributed by atoms with Gasteiger partial charge in [0, 0.05) is 5.56 Å². The summed E-state index contributed by atoms with van der Waals surface area (Å²) in [7, 11) is 0. The van der Waals surface area contributed by atoms with Crippen LogP contribution >= 0.6 is 0 Å². The molecule has 1 unspecified atom stereocenters. The van der Waals surface area contributed by atoms with Crippen molar-refractivity contribution in [2.75, 3.05) is 0 Å². The summed E-state index contributed by atoms with van der Waals surface area (Å²) in [6.45, 7) is 6.46. The van der Waals surface area contributed by atoms with Crippen molar-refractivity contribution in [3.05, 3.63) is 59.9 Å². The first-order valence-electron chi connectivity index (χ1n) is 6.44. The molecule has 0 aromatic heterocycles. The van der Waals surface area contributed by atoms with Gasteiger partial charge >= 0.3 is 0 Å². The first-order valence-corrected chi connectivity index (χ1v) is 6.44. The number of rotatable bonds is 3. The van der Waals surface area contributed by atoms with Crippen molar-refractivity contribution < 1.29 is 4.39 Å². The van der Waals surface area contributed by atoms with E-state index in [1.54, 1.807) is 6.07 Å². The van der Waals surface area contributed by atoms with Crippen LogP contribution in [0.25, 0.3) is 11.1 Å². The van der Waals surface area contributed by atoms with Crippen molar-refractivity contribution >= 4 is 0 Å². The lowest BCUT2D eigenvalue weighted by atomic mass is 9.89. The third-order valence-corrected chi connectivity index (χ3v) is 3.60. The van der Waals surface area contributed by atoms with E-state index in [1.165, 1.54) is 0 Å². The molecule has 0 aliphatic heterocycles. The molecule has 0 saturated carbocycles. The fraction of sp³-hybridized carbons (Fsp3) is 0.294. The minimum absolute atomic E-state index is 0.133. The lowest BCUT2D eigenvalue weighted by Gasteiger charge is -2.16. The molecule has 0 nitrogen and oxygen atoms in total. The average Bonchev–Trinajstić information content (AvgIpc) is 2.38. The van der Waals surface area contributed by atoms with Crippen LogP contribution in [-0.4, -0.2) is 0 Å². The quantitative estimate of drug-likeness (QED) is 0.689. The van der Waals surface area contributed by atoms with Gasteiger partial charge in [0.25, 0.3) is 0 Å². The number of hydrogen-bond donors (Lipinski definition) is 0. The molecule has 2 aromatic carbocycles. The van der Waals surface area contributed by atoms with E-state index < -0.39 is 0 Å². The molecule has 0 spiro atoms. The fourth-order valence-corrected chi connectivity index (χ4v) is 2.05. The molecule has 18 heavy (non-hydrogen) atoms. The summed E-state index contributed by atoms with van der Waals surface area (Å²) in [4.78, 5) is 0. The van der Waals surface area contributed by atoms with E-state index in [2.05, 4.69) is 20.8 Å².